The third kappa shape index (κ3) is 6.98. The molecule has 0 bridgehead atoms. The van der Waals surface area contributed by atoms with Crippen LogP contribution >= 0.6 is 0 Å². The minimum absolute atomic E-state index is 0.00216. The lowest BCUT2D eigenvalue weighted by molar-refractivity contribution is -0.139. The van der Waals surface area contributed by atoms with Crippen LogP contribution in [0.1, 0.15) is 37.5 Å². The fourth-order valence-electron chi connectivity index (χ4n) is 4.00. The molecule has 0 saturated carbocycles. The van der Waals surface area contributed by atoms with Crippen LogP contribution < -0.4 is 9.62 Å². The third-order valence-electron chi connectivity index (χ3n) is 6.11. The molecular weight excluding hydrogens is 505 g/mol. The van der Waals surface area contributed by atoms with Crippen molar-refractivity contribution in [3.8, 4) is 0 Å². The summed E-state index contributed by atoms with van der Waals surface area (Å²) < 4.78 is 42.3. The van der Waals surface area contributed by atoms with Crippen LogP contribution in [0.15, 0.2) is 77.7 Å². The van der Waals surface area contributed by atoms with Crippen molar-refractivity contribution in [2.24, 2.45) is 0 Å². The fourth-order valence-corrected chi connectivity index (χ4v) is 5.49. The van der Waals surface area contributed by atoms with Crippen LogP contribution in [-0.2, 0) is 26.2 Å². The molecule has 7 nitrogen and oxygen atoms in total. The fraction of sp³-hybridized carbons (Fsp3) is 0.310. The van der Waals surface area contributed by atoms with Crippen LogP contribution in [-0.4, -0.2) is 43.8 Å². The summed E-state index contributed by atoms with van der Waals surface area (Å²) in [4.78, 5) is 28.2. The number of rotatable bonds is 10. The number of anilines is 1. The van der Waals surface area contributed by atoms with Gasteiger partial charge in [-0.15, -0.1) is 0 Å². The largest absolute Gasteiger partial charge is 0.352 e. The highest BCUT2D eigenvalue weighted by Gasteiger charge is 2.33. The molecule has 0 aliphatic carbocycles. The predicted molar refractivity (Wildman–Crippen MR) is 147 cm³/mol. The van der Waals surface area contributed by atoms with Crippen molar-refractivity contribution in [3.05, 3.63) is 95.3 Å². The Kier molecular flexibility index (Phi) is 9.27. The number of halogens is 1. The van der Waals surface area contributed by atoms with Gasteiger partial charge in [0, 0.05) is 12.6 Å². The van der Waals surface area contributed by atoms with E-state index in [9.17, 15) is 22.4 Å². The van der Waals surface area contributed by atoms with Gasteiger partial charge >= 0.3 is 0 Å². The normalized spacial score (nSPS) is 12.2. The highest BCUT2D eigenvalue weighted by molar-refractivity contribution is 7.92. The molecule has 9 heteroatoms. The molecule has 0 unspecified atom stereocenters. The van der Waals surface area contributed by atoms with Crippen molar-refractivity contribution in [2.75, 3.05) is 10.8 Å². The summed E-state index contributed by atoms with van der Waals surface area (Å²) in [7, 11) is -4.13. The van der Waals surface area contributed by atoms with Gasteiger partial charge in [-0.05, 0) is 81.6 Å². The first-order valence-electron chi connectivity index (χ1n) is 12.4. The van der Waals surface area contributed by atoms with Gasteiger partial charge in [-0.25, -0.2) is 12.8 Å². The van der Waals surface area contributed by atoms with E-state index in [1.807, 2.05) is 26.8 Å². The topological polar surface area (TPSA) is 86.8 Å². The van der Waals surface area contributed by atoms with Crippen molar-refractivity contribution in [2.45, 2.75) is 58.1 Å². The molecule has 3 aromatic rings. The minimum Gasteiger partial charge on any atom is -0.352 e. The highest BCUT2D eigenvalue weighted by Crippen LogP contribution is 2.28. The van der Waals surface area contributed by atoms with Gasteiger partial charge in [0.1, 0.15) is 18.4 Å². The molecule has 0 aromatic heterocycles. The second-order valence-corrected chi connectivity index (χ2v) is 11.5. The Labute approximate surface area is 224 Å². The van der Waals surface area contributed by atoms with E-state index in [4.69, 9.17) is 0 Å². The zero-order valence-corrected chi connectivity index (χ0v) is 23.1. The Morgan fingerprint density at radius 3 is 2.16 bits per heavy atom. The number of benzene rings is 3. The van der Waals surface area contributed by atoms with Crippen molar-refractivity contribution >= 4 is 27.5 Å². The van der Waals surface area contributed by atoms with Crippen LogP contribution in [0.5, 0.6) is 0 Å². The monoisotopic (exact) mass is 539 g/mol. The molecule has 0 spiro atoms. The zero-order chi connectivity index (χ0) is 28.0. The molecule has 1 N–H and O–H groups in total. The SMILES string of the molecule is Cc1ccc(C)c(N(CC(=O)N(Cc2ccc(F)cc2)[C@@H](C)C(=O)NC(C)C)S(=O)(=O)c2ccccc2)c1. The van der Waals surface area contributed by atoms with Gasteiger partial charge in [-0.2, -0.15) is 0 Å². The van der Waals surface area contributed by atoms with Crippen molar-refractivity contribution in [1.82, 2.24) is 10.2 Å². The number of nitrogens with zero attached hydrogens (tertiary/aromatic N) is 2. The maximum absolute atomic E-state index is 13.9. The Morgan fingerprint density at radius 2 is 1.55 bits per heavy atom. The first-order valence-corrected chi connectivity index (χ1v) is 13.8. The first kappa shape index (κ1) is 28.8. The minimum atomic E-state index is -4.13. The van der Waals surface area contributed by atoms with Gasteiger partial charge in [-0.3, -0.25) is 13.9 Å². The molecule has 1 atom stereocenters. The molecule has 0 fully saturated rings. The zero-order valence-electron chi connectivity index (χ0n) is 22.3. The van der Waals surface area contributed by atoms with E-state index < -0.39 is 34.3 Å². The first-order chi connectivity index (χ1) is 17.9. The van der Waals surface area contributed by atoms with Crippen LogP contribution in [0.4, 0.5) is 10.1 Å². The third-order valence-corrected chi connectivity index (χ3v) is 7.88. The van der Waals surface area contributed by atoms with Crippen molar-refractivity contribution < 1.29 is 22.4 Å². The lowest BCUT2D eigenvalue weighted by Gasteiger charge is -2.32. The van der Waals surface area contributed by atoms with Crippen LogP contribution in [0.2, 0.25) is 0 Å². The quantitative estimate of drug-likeness (QED) is 0.409. The average Bonchev–Trinajstić information content (AvgIpc) is 2.88. The van der Waals surface area contributed by atoms with Crippen LogP contribution in [0.3, 0.4) is 0 Å². The van der Waals surface area contributed by atoms with E-state index in [0.29, 0.717) is 16.8 Å². The molecule has 0 aliphatic heterocycles. The smallest absolute Gasteiger partial charge is 0.264 e. The van der Waals surface area contributed by atoms with E-state index in [2.05, 4.69) is 5.32 Å². The summed E-state index contributed by atoms with van der Waals surface area (Å²) in [6, 6.07) is 17.9. The number of carbonyl (C=O) groups excluding carboxylic acids is 2. The number of sulfonamides is 1. The van der Waals surface area contributed by atoms with E-state index in [0.717, 1.165) is 9.87 Å². The number of hydrogen-bond donors (Lipinski definition) is 1. The molecular formula is C29H34FN3O4S. The van der Waals surface area contributed by atoms with Gasteiger partial charge in [0.2, 0.25) is 11.8 Å². The Balaban J connectivity index is 2.06. The standard InChI is InChI=1S/C29H34FN3O4S/c1-20(2)31-29(35)23(5)32(18-24-13-15-25(30)16-14-24)28(34)19-33(27-17-21(3)11-12-22(27)4)38(36,37)26-9-7-6-8-10-26/h6-17,20,23H,18-19H2,1-5H3,(H,31,35)/t23-/m0/s1. The average molecular weight is 540 g/mol. The van der Waals surface area contributed by atoms with Gasteiger partial charge in [0.05, 0.1) is 10.6 Å². The molecule has 0 saturated heterocycles. The molecule has 3 rings (SSSR count). The highest BCUT2D eigenvalue weighted by atomic mass is 32.2. The predicted octanol–water partition coefficient (Wildman–Crippen LogP) is 4.58. The van der Waals surface area contributed by atoms with Gasteiger partial charge in [0.15, 0.2) is 0 Å². The van der Waals surface area contributed by atoms with Crippen molar-refractivity contribution in [1.29, 1.82) is 0 Å². The molecule has 2 amide bonds. The van der Waals surface area contributed by atoms with Gasteiger partial charge in [-0.1, -0.05) is 42.5 Å². The van der Waals surface area contributed by atoms with E-state index in [1.165, 1.54) is 41.3 Å². The van der Waals surface area contributed by atoms with Crippen LogP contribution in [0, 0.1) is 19.7 Å². The Morgan fingerprint density at radius 1 is 0.921 bits per heavy atom. The lowest BCUT2D eigenvalue weighted by Crippen LogP contribution is -2.52. The number of nitrogens with one attached hydrogen (secondary N) is 1. The molecule has 202 valence electrons. The maximum atomic E-state index is 13.9. The van der Waals surface area contributed by atoms with Gasteiger partial charge < -0.3 is 10.2 Å². The Hall–Kier alpha value is -3.72. The number of hydrogen-bond acceptors (Lipinski definition) is 4. The second kappa shape index (κ2) is 12.2. The number of aryl methyl sites for hydroxylation is 2. The summed E-state index contributed by atoms with van der Waals surface area (Å²) >= 11 is 0. The van der Waals surface area contributed by atoms with E-state index >= 15 is 0 Å². The second-order valence-electron chi connectivity index (χ2n) is 9.60. The van der Waals surface area contributed by atoms with Crippen molar-refractivity contribution in [3.63, 3.8) is 0 Å². The molecule has 0 heterocycles. The van der Waals surface area contributed by atoms with E-state index in [1.54, 1.807) is 44.2 Å². The summed E-state index contributed by atoms with van der Waals surface area (Å²) in [6.45, 7) is 8.31. The Bertz CT molecular complexity index is 1380. The number of carbonyl (C=O) groups is 2. The molecule has 0 radical (unpaired) electrons. The number of amides is 2. The summed E-state index contributed by atoms with van der Waals surface area (Å²) in [5, 5.41) is 2.81. The van der Waals surface area contributed by atoms with Gasteiger partial charge in [0.25, 0.3) is 10.0 Å². The molecule has 3 aromatic carbocycles. The molecule has 0 aliphatic rings. The van der Waals surface area contributed by atoms with Crippen LogP contribution in [0.25, 0.3) is 0 Å². The summed E-state index contributed by atoms with van der Waals surface area (Å²) in [5.74, 6) is -1.37. The maximum Gasteiger partial charge on any atom is 0.264 e. The summed E-state index contributed by atoms with van der Waals surface area (Å²) in [6.07, 6.45) is 0. The lowest BCUT2D eigenvalue weighted by atomic mass is 10.1. The summed E-state index contributed by atoms with van der Waals surface area (Å²) in [5.41, 5.74) is 2.49. The molecule has 38 heavy (non-hydrogen) atoms. The van der Waals surface area contributed by atoms with E-state index in [-0.39, 0.29) is 23.4 Å².